The summed E-state index contributed by atoms with van der Waals surface area (Å²) in [7, 11) is 4.68. The Morgan fingerprint density at radius 3 is 2.30 bits per heavy atom. The molecule has 1 aromatic carbocycles. The van der Waals surface area contributed by atoms with Crippen LogP contribution in [-0.2, 0) is 9.59 Å². The fourth-order valence-corrected chi connectivity index (χ4v) is 3.70. The van der Waals surface area contributed by atoms with Gasteiger partial charge in [0.2, 0.25) is 0 Å². The van der Waals surface area contributed by atoms with E-state index >= 15 is 0 Å². The molecule has 0 bridgehead atoms. The number of nitrogens with zero attached hydrogens (tertiary/aromatic N) is 2. The number of imide groups is 1. The van der Waals surface area contributed by atoms with Crippen LogP contribution in [0.15, 0.2) is 41.4 Å². The van der Waals surface area contributed by atoms with Gasteiger partial charge in [-0.25, -0.2) is 4.90 Å². The van der Waals surface area contributed by atoms with Gasteiger partial charge in [0.25, 0.3) is 11.8 Å². The Hall–Kier alpha value is -2.84. The highest BCUT2D eigenvalue weighted by molar-refractivity contribution is 7.11. The van der Waals surface area contributed by atoms with Crippen LogP contribution in [0.3, 0.4) is 0 Å². The van der Waals surface area contributed by atoms with Crippen LogP contribution in [0.5, 0.6) is 11.5 Å². The molecular weight excluding hydrogens is 368 g/mol. The van der Waals surface area contributed by atoms with Crippen molar-refractivity contribution in [3.05, 3.63) is 46.3 Å². The lowest BCUT2D eigenvalue weighted by Gasteiger charge is -2.21. The molecule has 0 saturated carbocycles. The van der Waals surface area contributed by atoms with E-state index in [0.29, 0.717) is 27.6 Å². The van der Waals surface area contributed by atoms with Crippen molar-refractivity contribution in [3.8, 4) is 11.5 Å². The number of aliphatic hydroxyl groups excluding tert-OH is 1. The number of likely N-dealkylation sites (N-methyl/N-ethyl adjacent to an activating group) is 1. The molecule has 1 N–H and O–H groups in total. The minimum Gasteiger partial charge on any atom is -0.497 e. The molecule has 142 valence electrons. The number of aliphatic hydroxyl groups is 1. The fourth-order valence-electron chi connectivity index (χ4n) is 2.93. The van der Waals surface area contributed by atoms with Gasteiger partial charge in [-0.1, -0.05) is 6.07 Å². The van der Waals surface area contributed by atoms with Crippen LogP contribution in [-0.4, -0.2) is 56.2 Å². The van der Waals surface area contributed by atoms with Gasteiger partial charge in [0.05, 0.1) is 32.1 Å². The minimum absolute atomic E-state index is 0.133. The fraction of sp³-hybridized carbons (Fsp3) is 0.263. The SMILES string of the molecule is COc1cc(OC)cc(N2C(=O)C(c3cccs3)=C(N(C)CCO)C2=O)c1. The van der Waals surface area contributed by atoms with Gasteiger partial charge in [-0.3, -0.25) is 9.59 Å². The quantitative estimate of drug-likeness (QED) is 0.731. The molecule has 2 amide bonds. The maximum absolute atomic E-state index is 13.2. The Labute approximate surface area is 161 Å². The Morgan fingerprint density at radius 1 is 1.11 bits per heavy atom. The van der Waals surface area contributed by atoms with Crippen LogP contribution in [0.25, 0.3) is 5.57 Å². The third kappa shape index (κ3) is 3.41. The maximum atomic E-state index is 13.2. The highest BCUT2D eigenvalue weighted by Gasteiger charge is 2.42. The summed E-state index contributed by atoms with van der Waals surface area (Å²) in [5, 5.41) is 11.1. The zero-order chi connectivity index (χ0) is 19.6. The second-order valence-corrected chi connectivity index (χ2v) is 6.81. The van der Waals surface area contributed by atoms with Gasteiger partial charge in [0.15, 0.2) is 0 Å². The van der Waals surface area contributed by atoms with Crippen LogP contribution < -0.4 is 14.4 Å². The number of carbonyl (C=O) groups excluding carboxylic acids is 2. The van der Waals surface area contributed by atoms with Crippen molar-refractivity contribution >= 4 is 34.4 Å². The van der Waals surface area contributed by atoms with Crippen molar-refractivity contribution < 1.29 is 24.2 Å². The van der Waals surface area contributed by atoms with E-state index in [1.54, 1.807) is 36.2 Å². The number of amides is 2. The summed E-state index contributed by atoms with van der Waals surface area (Å²) in [4.78, 5) is 29.8. The molecule has 0 atom stereocenters. The smallest absolute Gasteiger partial charge is 0.282 e. The van der Waals surface area contributed by atoms with Crippen LogP contribution in [0.2, 0.25) is 0 Å². The van der Waals surface area contributed by atoms with Crippen LogP contribution in [0.1, 0.15) is 4.88 Å². The highest BCUT2D eigenvalue weighted by atomic mass is 32.1. The number of ether oxygens (including phenoxy) is 2. The molecule has 3 rings (SSSR count). The molecule has 27 heavy (non-hydrogen) atoms. The van der Waals surface area contributed by atoms with Crippen molar-refractivity contribution in [2.24, 2.45) is 0 Å². The Morgan fingerprint density at radius 2 is 1.78 bits per heavy atom. The number of benzene rings is 1. The zero-order valence-electron chi connectivity index (χ0n) is 15.3. The molecule has 0 saturated heterocycles. The number of rotatable bonds is 7. The standard InChI is InChI=1S/C19H20N2O5S/c1-20(6-7-22)17-16(15-5-4-8-27-15)18(23)21(19(17)24)12-9-13(25-2)11-14(10-12)26-3/h4-5,8-11,22H,6-7H2,1-3H3. The van der Waals surface area contributed by atoms with Crippen LogP contribution in [0.4, 0.5) is 5.69 Å². The van der Waals surface area contributed by atoms with E-state index in [4.69, 9.17) is 9.47 Å². The lowest BCUT2D eigenvalue weighted by atomic mass is 10.2. The summed E-state index contributed by atoms with van der Waals surface area (Å²) in [5.41, 5.74) is 0.952. The first kappa shape index (κ1) is 18.9. The predicted molar refractivity (Wildman–Crippen MR) is 103 cm³/mol. The van der Waals surface area contributed by atoms with Crippen LogP contribution in [0, 0.1) is 0 Å². The normalized spacial score (nSPS) is 14.1. The van der Waals surface area contributed by atoms with Gasteiger partial charge in [0, 0.05) is 36.7 Å². The molecule has 1 aliphatic heterocycles. The molecular formula is C19H20N2O5S. The first-order chi connectivity index (χ1) is 13.0. The van der Waals surface area contributed by atoms with Crippen molar-refractivity contribution in [3.63, 3.8) is 0 Å². The topological polar surface area (TPSA) is 79.3 Å². The van der Waals surface area contributed by atoms with Crippen LogP contribution >= 0.6 is 11.3 Å². The summed E-state index contributed by atoms with van der Waals surface area (Å²) >= 11 is 1.38. The first-order valence-electron chi connectivity index (χ1n) is 8.23. The average molecular weight is 388 g/mol. The molecule has 0 spiro atoms. The largest absolute Gasteiger partial charge is 0.497 e. The lowest BCUT2D eigenvalue weighted by Crippen LogP contribution is -2.34. The van der Waals surface area contributed by atoms with E-state index in [-0.39, 0.29) is 18.8 Å². The molecule has 0 radical (unpaired) electrons. The van der Waals surface area contributed by atoms with Gasteiger partial charge in [-0.2, -0.15) is 0 Å². The zero-order valence-corrected chi connectivity index (χ0v) is 16.1. The third-order valence-corrected chi connectivity index (χ3v) is 5.13. The second-order valence-electron chi connectivity index (χ2n) is 5.86. The van der Waals surface area contributed by atoms with E-state index in [0.717, 1.165) is 4.90 Å². The van der Waals surface area contributed by atoms with Crippen molar-refractivity contribution in [1.82, 2.24) is 4.90 Å². The number of thiophene rings is 1. The van der Waals surface area contributed by atoms with E-state index in [9.17, 15) is 14.7 Å². The summed E-state index contributed by atoms with van der Waals surface area (Å²) in [6.07, 6.45) is 0. The minimum atomic E-state index is -0.449. The van der Waals surface area contributed by atoms with Gasteiger partial charge < -0.3 is 19.5 Å². The Balaban J connectivity index is 2.11. The highest BCUT2D eigenvalue weighted by Crippen LogP contribution is 2.38. The molecule has 2 heterocycles. The molecule has 1 aromatic heterocycles. The van der Waals surface area contributed by atoms with Crippen molar-refractivity contribution in [1.29, 1.82) is 0 Å². The Kier molecular flexibility index (Phi) is 5.48. The number of hydrogen-bond donors (Lipinski definition) is 1. The van der Waals surface area contributed by atoms with Gasteiger partial charge >= 0.3 is 0 Å². The monoisotopic (exact) mass is 388 g/mol. The third-order valence-electron chi connectivity index (χ3n) is 4.24. The van der Waals surface area contributed by atoms with Gasteiger partial charge in [-0.15, -0.1) is 11.3 Å². The van der Waals surface area contributed by atoms with E-state index in [1.807, 2.05) is 11.4 Å². The number of methoxy groups -OCH3 is 2. The Bertz CT molecular complexity index is 869. The number of carbonyl (C=O) groups is 2. The number of anilines is 1. The maximum Gasteiger partial charge on any atom is 0.282 e. The summed E-state index contributed by atoms with van der Waals surface area (Å²) < 4.78 is 10.5. The molecule has 8 heteroatoms. The summed E-state index contributed by atoms with van der Waals surface area (Å²) in [6, 6.07) is 8.51. The molecule has 0 unspecified atom stereocenters. The average Bonchev–Trinajstić information content (AvgIpc) is 3.27. The summed E-state index contributed by atoms with van der Waals surface area (Å²) in [5.74, 6) is 0.0757. The van der Waals surface area contributed by atoms with Gasteiger partial charge in [-0.05, 0) is 11.4 Å². The van der Waals surface area contributed by atoms with E-state index in [1.165, 1.54) is 25.6 Å². The first-order valence-corrected chi connectivity index (χ1v) is 9.11. The predicted octanol–water partition coefficient (Wildman–Crippen LogP) is 1.97. The second kappa shape index (κ2) is 7.81. The lowest BCUT2D eigenvalue weighted by molar-refractivity contribution is -0.120. The summed E-state index contributed by atoms with van der Waals surface area (Å²) in [6.45, 7) is 0.102. The molecule has 1 aliphatic rings. The molecule has 0 aliphatic carbocycles. The molecule has 7 nitrogen and oxygen atoms in total. The van der Waals surface area contributed by atoms with E-state index in [2.05, 4.69) is 0 Å². The molecule has 2 aromatic rings. The molecule has 0 fully saturated rings. The van der Waals surface area contributed by atoms with Crippen molar-refractivity contribution in [2.45, 2.75) is 0 Å². The van der Waals surface area contributed by atoms with Crippen molar-refractivity contribution in [2.75, 3.05) is 39.3 Å². The number of hydrogen-bond acceptors (Lipinski definition) is 7. The van der Waals surface area contributed by atoms with E-state index < -0.39 is 11.8 Å². The van der Waals surface area contributed by atoms with Gasteiger partial charge in [0.1, 0.15) is 17.2 Å².